The van der Waals surface area contributed by atoms with Gasteiger partial charge in [-0.15, -0.1) is 0 Å². The van der Waals surface area contributed by atoms with Crippen molar-refractivity contribution in [3.05, 3.63) is 28.2 Å². The third kappa shape index (κ3) is 2.30. The van der Waals surface area contributed by atoms with Gasteiger partial charge in [0.15, 0.2) is 0 Å². The molecular formula is C15H21BrN2. The highest BCUT2D eigenvalue weighted by molar-refractivity contribution is 9.10. The second kappa shape index (κ2) is 4.86. The third-order valence-corrected chi connectivity index (χ3v) is 5.50. The van der Waals surface area contributed by atoms with E-state index in [0.29, 0.717) is 6.04 Å². The van der Waals surface area contributed by atoms with Gasteiger partial charge in [0, 0.05) is 28.3 Å². The number of piperidine rings is 1. The highest BCUT2D eigenvalue weighted by atomic mass is 79.9. The topological polar surface area (TPSA) is 15.3 Å². The van der Waals surface area contributed by atoms with Gasteiger partial charge in [-0.25, -0.2) is 0 Å². The summed E-state index contributed by atoms with van der Waals surface area (Å²) in [6, 6.07) is 8.82. The van der Waals surface area contributed by atoms with E-state index in [1.54, 1.807) is 0 Å². The van der Waals surface area contributed by atoms with Gasteiger partial charge in [0.2, 0.25) is 0 Å². The molecule has 2 atom stereocenters. The van der Waals surface area contributed by atoms with Crippen LogP contribution >= 0.6 is 15.9 Å². The molecular weight excluding hydrogens is 288 g/mol. The van der Waals surface area contributed by atoms with Crippen molar-refractivity contribution in [1.29, 1.82) is 0 Å². The minimum absolute atomic E-state index is 0.647. The average molecular weight is 309 g/mol. The Morgan fingerprint density at radius 1 is 1.22 bits per heavy atom. The van der Waals surface area contributed by atoms with Crippen LogP contribution in [0, 0.1) is 6.92 Å². The number of halogens is 1. The first kappa shape index (κ1) is 12.5. The molecule has 1 aromatic carbocycles. The molecule has 2 nitrogen and oxygen atoms in total. The summed E-state index contributed by atoms with van der Waals surface area (Å²) in [6.45, 7) is 2.13. The van der Waals surface area contributed by atoms with E-state index in [2.05, 4.69) is 58.3 Å². The number of aryl methyl sites for hydroxylation is 1. The predicted molar refractivity (Wildman–Crippen MR) is 80.1 cm³/mol. The zero-order valence-corrected chi connectivity index (χ0v) is 12.7. The molecule has 0 saturated carbocycles. The molecule has 0 amide bonds. The van der Waals surface area contributed by atoms with Crippen LogP contribution in [-0.4, -0.2) is 30.1 Å². The summed E-state index contributed by atoms with van der Waals surface area (Å²) in [6.07, 6.45) is 5.35. The summed E-state index contributed by atoms with van der Waals surface area (Å²) in [7, 11) is 2.29. The number of nitrogens with zero attached hydrogens (tertiary/aromatic N) is 1. The maximum atomic E-state index is 3.71. The van der Waals surface area contributed by atoms with Crippen LogP contribution in [0.2, 0.25) is 0 Å². The lowest BCUT2D eigenvalue weighted by Gasteiger charge is -2.37. The molecule has 2 saturated heterocycles. The Morgan fingerprint density at radius 2 is 1.89 bits per heavy atom. The Kier molecular flexibility index (Phi) is 3.37. The fourth-order valence-electron chi connectivity index (χ4n) is 3.45. The fourth-order valence-corrected chi connectivity index (χ4v) is 3.83. The van der Waals surface area contributed by atoms with Crippen molar-refractivity contribution < 1.29 is 0 Å². The number of rotatable bonds is 2. The second-order valence-corrected chi connectivity index (χ2v) is 6.68. The van der Waals surface area contributed by atoms with E-state index in [0.717, 1.165) is 12.1 Å². The van der Waals surface area contributed by atoms with Gasteiger partial charge in [0.25, 0.3) is 0 Å². The molecule has 0 radical (unpaired) electrons. The van der Waals surface area contributed by atoms with Crippen LogP contribution < -0.4 is 5.32 Å². The summed E-state index contributed by atoms with van der Waals surface area (Å²) in [5.74, 6) is 0. The van der Waals surface area contributed by atoms with E-state index in [1.807, 2.05) is 0 Å². The van der Waals surface area contributed by atoms with Gasteiger partial charge in [0.1, 0.15) is 0 Å². The molecule has 0 spiro atoms. The molecule has 18 heavy (non-hydrogen) atoms. The lowest BCUT2D eigenvalue weighted by Crippen LogP contribution is -2.44. The minimum atomic E-state index is 0.647. The third-order valence-electron chi connectivity index (χ3n) is 4.64. The molecule has 1 aromatic rings. The number of hydrogen-bond acceptors (Lipinski definition) is 2. The molecule has 1 N–H and O–H groups in total. The first-order valence-corrected chi connectivity index (χ1v) is 7.67. The van der Waals surface area contributed by atoms with Gasteiger partial charge >= 0.3 is 0 Å². The Hall–Kier alpha value is -0.540. The SMILES string of the molecule is Cc1ccc(NC2CC3CCC(C2)N3C)cc1Br. The summed E-state index contributed by atoms with van der Waals surface area (Å²) in [4.78, 5) is 2.59. The van der Waals surface area contributed by atoms with Crippen LogP contribution in [0.1, 0.15) is 31.2 Å². The molecule has 2 heterocycles. The van der Waals surface area contributed by atoms with E-state index in [4.69, 9.17) is 0 Å². The smallest absolute Gasteiger partial charge is 0.0353 e. The van der Waals surface area contributed by atoms with Crippen molar-refractivity contribution in [2.24, 2.45) is 0 Å². The number of anilines is 1. The largest absolute Gasteiger partial charge is 0.382 e. The van der Waals surface area contributed by atoms with Gasteiger partial charge in [-0.3, -0.25) is 0 Å². The Bertz CT molecular complexity index is 432. The molecule has 0 aliphatic carbocycles. The van der Waals surface area contributed by atoms with Gasteiger partial charge < -0.3 is 10.2 Å². The van der Waals surface area contributed by atoms with Crippen molar-refractivity contribution >= 4 is 21.6 Å². The van der Waals surface area contributed by atoms with Crippen molar-refractivity contribution in [3.63, 3.8) is 0 Å². The van der Waals surface area contributed by atoms with Crippen LogP contribution in [0.4, 0.5) is 5.69 Å². The molecule has 2 aliphatic heterocycles. The molecule has 2 bridgehead atoms. The van der Waals surface area contributed by atoms with Crippen LogP contribution in [-0.2, 0) is 0 Å². The molecule has 2 unspecified atom stereocenters. The van der Waals surface area contributed by atoms with Crippen molar-refractivity contribution in [2.45, 2.75) is 50.7 Å². The number of nitrogens with one attached hydrogen (secondary N) is 1. The molecule has 0 aromatic heterocycles. The predicted octanol–water partition coefficient (Wildman–Crippen LogP) is 3.79. The highest BCUT2D eigenvalue weighted by Crippen LogP contribution is 2.35. The van der Waals surface area contributed by atoms with Gasteiger partial charge in [-0.1, -0.05) is 22.0 Å². The summed E-state index contributed by atoms with van der Waals surface area (Å²) >= 11 is 3.61. The molecule has 3 heteroatoms. The van der Waals surface area contributed by atoms with E-state index in [1.165, 1.54) is 41.4 Å². The lowest BCUT2D eigenvalue weighted by molar-refractivity contribution is 0.169. The van der Waals surface area contributed by atoms with Crippen LogP contribution in [0.25, 0.3) is 0 Å². The first-order chi connectivity index (χ1) is 8.63. The van der Waals surface area contributed by atoms with E-state index < -0.39 is 0 Å². The quantitative estimate of drug-likeness (QED) is 0.894. The standard InChI is InChI=1S/C15H21BrN2/c1-10-3-4-11(9-15(10)16)17-12-7-13-5-6-14(8-12)18(13)2/h3-4,9,12-14,17H,5-8H2,1-2H3. The molecule has 2 aliphatic rings. The van der Waals surface area contributed by atoms with Gasteiger partial charge in [-0.2, -0.15) is 0 Å². The minimum Gasteiger partial charge on any atom is -0.382 e. The van der Waals surface area contributed by atoms with Crippen molar-refractivity contribution in [2.75, 3.05) is 12.4 Å². The van der Waals surface area contributed by atoms with Crippen LogP contribution in [0.15, 0.2) is 22.7 Å². The fraction of sp³-hybridized carbons (Fsp3) is 0.600. The molecule has 2 fully saturated rings. The number of benzene rings is 1. The van der Waals surface area contributed by atoms with E-state index in [9.17, 15) is 0 Å². The molecule has 98 valence electrons. The Morgan fingerprint density at radius 3 is 2.50 bits per heavy atom. The number of fused-ring (bicyclic) bond motifs is 2. The number of hydrogen-bond donors (Lipinski definition) is 1. The monoisotopic (exact) mass is 308 g/mol. The molecule has 3 rings (SSSR count). The summed E-state index contributed by atoms with van der Waals surface area (Å²) < 4.78 is 1.20. The van der Waals surface area contributed by atoms with Crippen molar-refractivity contribution in [3.8, 4) is 0 Å². The second-order valence-electron chi connectivity index (χ2n) is 5.83. The Balaban J connectivity index is 1.68. The highest BCUT2D eigenvalue weighted by Gasteiger charge is 2.38. The van der Waals surface area contributed by atoms with Crippen molar-refractivity contribution in [1.82, 2.24) is 4.90 Å². The summed E-state index contributed by atoms with van der Waals surface area (Å²) in [5.41, 5.74) is 2.55. The first-order valence-electron chi connectivity index (χ1n) is 6.88. The maximum Gasteiger partial charge on any atom is 0.0353 e. The average Bonchev–Trinajstić information content (AvgIpc) is 2.58. The van der Waals surface area contributed by atoms with Crippen LogP contribution in [0.3, 0.4) is 0 Å². The van der Waals surface area contributed by atoms with Gasteiger partial charge in [-0.05, 0) is 57.4 Å². The van der Waals surface area contributed by atoms with E-state index in [-0.39, 0.29) is 0 Å². The summed E-state index contributed by atoms with van der Waals surface area (Å²) in [5, 5.41) is 3.71. The maximum absolute atomic E-state index is 3.71. The normalized spacial score (nSPS) is 31.6. The van der Waals surface area contributed by atoms with E-state index >= 15 is 0 Å². The Labute approximate surface area is 118 Å². The lowest BCUT2D eigenvalue weighted by atomic mass is 9.97. The zero-order chi connectivity index (χ0) is 12.7. The van der Waals surface area contributed by atoms with Crippen LogP contribution in [0.5, 0.6) is 0 Å². The zero-order valence-electron chi connectivity index (χ0n) is 11.1. The van der Waals surface area contributed by atoms with Gasteiger partial charge in [0.05, 0.1) is 0 Å².